The third-order valence-corrected chi connectivity index (χ3v) is 5.04. The number of aryl methyl sites for hydroxylation is 1. The summed E-state index contributed by atoms with van der Waals surface area (Å²) in [5, 5.41) is 15.0. The fraction of sp³-hybridized carbons (Fsp3) is 0.136. The highest BCUT2D eigenvalue weighted by Gasteiger charge is 2.17. The van der Waals surface area contributed by atoms with E-state index >= 15 is 0 Å². The van der Waals surface area contributed by atoms with Crippen LogP contribution in [0.1, 0.15) is 27.4 Å². The van der Waals surface area contributed by atoms with Crippen LogP contribution in [0.3, 0.4) is 0 Å². The molecule has 0 spiro atoms. The van der Waals surface area contributed by atoms with E-state index in [9.17, 15) is 9.18 Å². The Labute approximate surface area is 177 Å². The summed E-state index contributed by atoms with van der Waals surface area (Å²) >= 11 is 6.06. The van der Waals surface area contributed by atoms with Gasteiger partial charge in [-0.15, -0.1) is 0 Å². The average Bonchev–Trinajstić information content (AvgIpc) is 3.30. The summed E-state index contributed by atoms with van der Waals surface area (Å²) in [4.78, 5) is 12.7. The van der Waals surface area contributed by atoms with Gasteiger partial charge in [-0.2, -0.15) is 10.2 Å². The third-order valence-electron chi connectivity index (χ3n) is 4.80. The van der Waals surface area contributed by atoms with Gasteiger partial charge in [-0.05, 0) is 61.9 Å². The fourth-order valence-corrected chi connectivity index (χ4v) is 3.44. The number of rotatable bonds is 5. The van der Waals surface area contributed by atoms with E-state index in [1.807, 2.05) is 42.8 Å². The van der Waals surface area contributed by atoms with Crippen molar-refractivity contribution >= 4 is 23.2 Å². The molecule has 0 aliphatic rings. The maximum atomic E-state index is 13.1. The number of anilines is 1. The van der Waals surface area contributed by atoms with E-state index in [2.05, 4.69) is 20.6 Å². The molecule has 0 radical (unpaired) electrons. The molecule has 6 nitrogen and oxygen atoms in total. The number of hydrogen-bond donors (Lipinski definition) is 2. The smallest absolute Gasteiger partial charge is 0.273 e. The fourth-order valence-electron chi connectivity index (χ4n) is 3.23. The van der Waals surface area contributed by atoms with Gasteiger partial charge in [0.1, 0.15) is 11.5 Å². The molecule has 30 heavy (non-hydrogen) atoms. The largest absolute Gasteiger partial charge is 0.318 e. The van der Waals surface area contributed by atoms with Gasteiger partial charge in [0.2, 0.25) is 0 Å². The van der Waals surface area contributed by atoms with E-state index in [-0.39, 0.29) is 11.7 Å². The van der Waals surface area contributed by atoms with Crippen molar-refractivity contribution in [3.8, 4) is 11.3 Å². The summed E-state index contributed by atoms with van der Waals surface area (Å²) in [6.45, 7) is 4.28. The Bertz CT molecular complexity index is 1210. The van der Waals surface area contributed by atoms with Crippen molar-refractivity contribution in [1.82, 2.24) is 20.0 Å². The standard InChI is InChI=1S/C22H19ClFN5O/c1-13-21(14(2)29(28-13)12-15-4-3-5-17(23)10-15)25-22(30)20-11-19(26-27-20)16-6-8-18(24)9-7-16/h3-11H,12H2,1-2H3,(H,25,30)(H,26,27). The number of H-pyrrole nitrogens is 1. The Morgan fingerprint density at radius 2 is 1.93 bits per heavy atom. The number of carbonyl (C=O) groups is 1. The monoisotopic (exact) mass is 423 g/mol. The highest BCUT2D eigenvalue weighted by molar-refractivity contribution is 6.30. The zero-order valence-electron chi connectivity index (χ0n) is 16.4. The molecule has 0 saturated carbocycles. The van der Waals surface area contributed by atoms with Crippen LogP contribution in [0.5, 0.6) is 0 Å². The first-order valence-corrected chi connectivity index (χ1v) is 9.69. The van der Waals surface area contributed by atoms with Gasteiger partial charge in [0.05, 0.1) is 29.3 Å². The van der Waals surface area contributed by atoms with Crippen LogP contribution in [0.4, 0.5) is 10.1 Å². The van der Waals surface area contributed by atoms with Crippen LogP contribution >= 0.6 is 11.6 Å². The Kier molecular flexibility index (Phi) is 5.37. The third kappa shape index (κ3) is 4.11. The van der Waals surface area contributed by atoms with Crippen LogP contribution < -0.4 is 5.32 Å². The Morgan fingerprint density at radius 3 is 2.67 bits per heavy atom. The van der Waals surface area contributed by atoms with Crippen molar-refractivity contribution in [2.75, 3.05) is 5.32 Å². The Morgan fingerprint density at radius 1 is 1.17 bits per heavy atom. The van der Waals surface area contributed by atoms with E-state index in [1.54, 1.807) is 18.2 Å². The molecule has 0 aliphatic heterocycles. The predicted octanol–water partition coefficient (Wildman–Crippen LogP) is 4.98. The second-order valence-electron chi connectivity index (χ2n) is 6.96. The van der Waals surface area contributed by atoms with Gasteiger partial charge in [0.25, 0.3) is 5.91 Å². The summed E-state index contributed by atoms with van der Waals surface area (Å²) in [7, 11) is 0. The molecular weight excluding hydrogens is 405 g/mol. The summed E-state index contributed by atoms with van der Waals surface area (Å²) in [5.74, 6) is -0.655. The normalized spacial score (nSPS) is 10.9. The van der Waals surface area contributed by atoms with Gasteiger partial charge in [-0.3, -0.25) is 14.6 Å². The first-order valence-electron chi connectivity index (χ1n) is 9.32. The average molecular weight is 424 g/mol. The highest BCUT2D eigenvalue weighted by Crippen LogP contribution is 2.23. The van der Waals surface area contributed by atoms with Crippen molar-refractivity contribution < 1.29 is 9.18 Å². The molecule has 2 N–H and O–H groups in total. The Hall–Kier alpha value is -3.45. The first-order chi connectivity index (χ1) is 14.4. The van der Waals surface area contributed by atoms with Crippen molar-refractivity contribution in [1.29, 1.82) is 0 Å². The molecule has 2 aromatic heterocycles. The summed E-state index contributed by atoms with van der Waals surface area (Å²) in [6.07, 6.45) is 0. The molecule has 2 heterocycles. The zero-order valence-corrected chi connectivity index (χ0v) is 17.2. The van der Waals surface area contributed by atoms with Gasteiger partial charge in [-0.1, -0.05) is 23.7 Å². The molecule has 0 bridgehead atoms. The number of aromatic amines is 1. The van der Waals surface area contributed by atoms with Crippen LogP contribution in [0.25, 0.3) is 11.3 Å². The predicted molar refractivity (Wildman–Crippen MR) is 114 cm³/mol. The maximum absolute atomic E-state index is 13.1. The number of amides is 1. The molecule has 0 fully saturated rings. The molecule has 0 aliphatic carbocycles. The molecular formula is C22H19ClFN5O. The lowest BCUT2D eigenvalue weighted by atomic mass is 10.1. The number of benzene rings is 2. The Balaban J connectivity index is 1.52. The molecule has 0 atom stereocenters. The van der Waals surface area contributed by atoms with Gasteiger partial charge in [0, 0.05) is 10.6 Å². The van der Waals surface area contributed by atoms with Crippen molar-refractivity contribution in [2.24, 2.45) is 0 Å². The van der Waals surface area contributed by atoms with Crippen molar-refractivity contribution in [2.45, 2.75) is 20.4 Å². The minimum absolute atomic E-state index is 0.302. The lowest BCUT2D eigenvalue weighted by molar-refractivity contribution is 0.102. The van der Waals surface area contributed by atoms with E-state index in [0.29, 0.717) is 39.9 Å². The molecule has 0 saturated heterocycles. The number of nitrogens with one attached hydrogen (secondary N) is 2. The molecule has 1 amide bonds. The summed E-state index contributed by atoms with van der Waals surface area (Å²) < 4.78 is 14.9. The number of hydrogen-bond acceptors (Lipinski definition) is 3. The van der Waals surface area contributed by atoms with E-state index < -0.39 is 0 Å². The van der Waals surface area contributed by atoms with E-state index in [1.165, 1.54) is 12.1 Å². The van der Waals surface area contributed by atoms with Crippen molar-refractivity contribution in [3.63, 3.8) is 0 Å². The zero-order chi connectivity index (χ0) is 21.3. The first kappa shape index (κ1) is 19.8. The lowest BCUT2D eigenvalue weighted by Gasteiger charge is -2.07. The second-order valence-corrected chi connectivity index (χ2v) is 7.40. The minimum Gasteiger partial charge on any atom is -0.318 e. The van der Waals surface area contributed by atoms with E-state index in [4.69, 9.17) is 11.6 Å². The van der Waals surface area contributed by atoms with Gasteiger partial charge < -0.3 is 5.32 Å². The van der Waals surface area contributed by atoms with Gasteiger partial charge in [0.15, 0.2) is 0 Å². The number of carbonyl (C=O) groups excluding carboxylic acids is 1. The van der Waals surface area contributed by atoms with Gasteiger partial charge >= 0.3 is 0 Å². The topological polar surface area (TPSA) is 75.6 Å². The van der Waals surface area contributed by atoms with Gasteiger partial charge in [-0.25, -0.2) is 4.39 Å². The molecule has 8 heteroatoms. The molecule has 4 aromatic rings. The van der Waals surface area contributed by atoms with Crippen molar-refractivity contribution in [3.05, 3.63) is 88.1 Å². The highest BCUT2D eigenvalue weighted by atomic mass is 35.5. The molecule has 4 rings (SSSR count). The quantitative estimate of drug-likeness (QED) is 0.475. The lowest BCUT2D eigenvalue weighted by Crippen LogP contribution is -2.14. The molecule has 0 unspecified atom stereocenters. The number of aromatic nitrogens is 4. The van der Waals surface area contributed by atoms with Crippen LogP contribution in [-0.4, -0.2) is 25.9 Å². The minimum atomic E-state index is -0.329. The maximum Gasteiger partial charge on any atom is 0.273 e. The van der Waals surface area contributed by atoms with Crippen LogP contribution in [0.2, 0.25) is 5.02 Å². The number of nitrogens with zero attached hydrogens (tertiary/aromatic N) is 3. The molecule has 152 valence electrons. The van der Waals surface area contributed by atoms with Crippen LogP contribution in [0.15, 0.2) is 54.6 Å². The van der Waals surface area contributed by atoms with Crippen LogP contribution in [0, 0.1) is 19.7 Å². The summed E-state index contributed by atoms with van der Waals surface area (Å²) in [5.41, 5.74) is 4.79. The summed E-state index contributed by atoms with van der Waals surface area (Å²) in [6, 6.07) is 15.1. The second kappa shape index (κ2) is 8.12. The van der Waals surface area contributed by atoms with Crippen LogP contribution in [-0.2, 0) is 6.54 Å². The van der Waals surface area contributed by atoms with E-state index in [0.717, 1.165) is 11.3 Å². The molecule has 2 aromatic carbocycles. The number of halogens is 2. The SMILES string of the molecule is Cc1nn(Cc2cccc(Cl)c2)c(C)c1NC(=O)c1cc(-c2ccc(F)cc2)n[nH]1.